The lowest BCUT2D eigenvalue weighted by molar-refractivity contribution is -0.129. The molecule has 1 aromatic carbocycles. The van der Waals surface area contributed by atoms with Gasteiger partial charge in [-0.1, -0.05) is 30.3 Å². The molecule has 0 bridgehead atoms. The highest BCUT2D eigenvalue weighted by Crippen LogP contribution is 2.15. The summed E-state index contributed by atoms with van der Waals surface area (Å²) in [5, 5.41) is 25.0. The first-order valence-electron chi connectivity index (χ1n) is 4.15. The minimum absolute atomic E-state index is 0.167. The van der Waals surface area contributed by atoms with E-state index >= 15 is 0 Å². The summed E-state index contributed by atoms with van der Waals surface area (Å²) in [4.78, 5) is 10.3. The van der Waals surface area contributed by atoms with E-state index in [4.69, 9.17) is 10.5 Å². The summed E-state index contributed by atoms with van der Waals surface area (Å²) < 4.78 is 0. The van der Waals surface area contributed by atoms with Gasteiger partial charge in [-0.25, -0.2) is 4.79 Å². The van der Waals surface area contributed by atoms with Crippen LogP contribution in [0.3, 0.4) is 0 Å². The molecule has 3 N–H and O–H groups in total. The molecule has 1 atom stereocenters. The smallest absolute Gasteiger partial charge is 0.349 e. The number of rotatable bonds is 4. The van der Waals surface area contributed by atoms with Gasteiger partial charge in [0.05, 0.1) is 6.10 Å². The van der Waals surface area contributed by atoms with Gasteiger partial charge in [-0.15, -0.1) is 0 Å². The van der Waals surface area contributed by atoms with Gasteiger partial charge in [0.2, 0.25) is 0 Å². The zero-order valence-corrected chi connectivity index (χ0v) is 7.47. The van der Waals surface area contributed by atoms with E-state index in [1.54, 1.807) is 30.3 Å². The van der Waals surface area contributed by atoms with E-state index in [2.05, 4.69) is 0 Å². The Hall–Kier alpha value is -1.68. The number of carbonyl (C=O) groups is 1. The second-order valence-corrected chi connectivity index (χ2v) is 2.91. The molecule has 0 fully saturated rings. The number of hydrogen-bond acceptors (Lipinski definition) is 3. The van der Waals surface area contributed by atoms with Gasteiger partial charge in [-0.3, -0.25) is 5.41 Å². The van der Waals surface area contributed by atoms with Gasteiger partial charge >= 0.3 is 5.97 Å². The van der Waals surface area contributed by atoms with Crippen molar-refractivity contribution < 1.29 is 15.0 Å². The Labute approximate surface area is 81.3 Å². The highest BCUT2D eigenvalue weighted by molar-refractivity contribution is 6.34. The van der Waals surface area contributed by atoms with Crippen molar-refractivity contribution in [3.63, 3.8) is 0 Å². The molecule has 0 aromatic heterocycles. The number of aliphatic hydroxyl groups is 1. The largest absolute Gasteiger partial charge is 0.477 e. The van der Waals surface area contributed by atoms with Gasteiger partial charge in [0.25, 0.3) is 0 Å². The predicted molar refractivity (Wildman–Crippen MR) is 51.4 cm³/mol. The van der Waals surface area contributed by atoms with Crippen LogP contribution in [0.2, 0.25) is 0 Å². The van der Waals surface area contributed by atoms with Crippen molar-refractivity contribution in [1.82, 2.24) is 0 Å². The first-order chi connectivity index (χ1) is 6.61. The van der Waals surface area contributed by atoms with Gasteiger partial charge in [-0.05, 0) is 5.56 Å². The molecule has 1 rings (SSSR count). The number of aliphatic hydroxyl groups excluding tert-OH is 1. The Balaban J connectivity index is 2.64. The topological polar surface area (TPSA) is 81.4 Å². The Morgan fingerprint density at radius 1 is 1.36 bits per heavy atom. The second kappa shape index (κ2) is 4.53. The molecule has 1 unspecified atom stereocenters. The van der Waals surface area contributed by atoms with Crippen molar-refractivity contribution in [3.05, 3.63) is 35.9 Å². The molecule has 0 aliphatic heterocycles. The lowest BCUT2D eigenvalue weighted by atomic mass is 10.0. The van der Waals surface area contributed by atoms with E-state index in [1.807, 2.05) is 0 Å². The van der Waals surface area contributed by atoms with Crippen LogP contribution >= 0.6 is 0 Å². The van der Waals surface area contributed by atoms with E-state index in [0.29, 0.717) is 5.56 Å². The van der Waals surface area contributed by atoms with Crippen LogP contribution in [0, 0.1) is 5.41 Å². The van der Waals surface area contributed by atoms with Crippen molar-refractivity contribution in [1.29, 1.82) is 5.41 Å². The molecule has 4 nitrogen and oxygen atoms in total. The summed E-state index contributed by atoms with van der Waals surface area (Å²) in [5.41, 5.74) is 0.139. The van der Waals surface area contributed by atoms with Crippen molar-refractivity contribution in [2.75, 3.05) is 0 Å². The predicted octanol–water partition coefficient (Wildman–Crippen LogP) is 1.21. The second-order valence-electron chi connectivity index (χ2n) is 2.91. The Morgan fingerprint density at radius 3 is 2.43 bits per heavy atom. The number of carboxylic acids is 1. The zero-order valence-electron chi connectivity index (χ0n) is 7.47. The third kappa shape index (κ3) is 2.67. The molecule has 0 saturated carbocycles. The van der Waals surface area contributed by atoms with E-state index in [9.17, 15) is 9.90 Å². The molecule has 0 spiro atoms. The fourth-order valence-electron chi connectivity index (χ4n) is 1.07. The van der Waals surface area contributed by atoms with Crippen LogP contribution in [-0.2, 0) is 4.79 Å². The summed E-state index contributed by atoms with van der Waals surface area (Å²) in [6, 6.07) is 8.70. The van der Waals surface area contributed by atoms with Gasteiger partial charge < -0.3 is 10.2 Å². The van der Waals surface area contributed by atoms with Gasteiger partial charge in [-0.2, -0.15) is 0 Å². The molecule has 0 saturated heterocycles. The molecule has 74 valence electrons. The molecule has 0 heterocycles. The molecule has 0 radical (unpaired) electrons. The van der Waals surface area contributed by atoms with Crippen LogP contribution in [0.5, 0.6) is 0 Å². The van der Waals surface area contributed by atoms with Crippen LogP contribution in [0.15, 0.2) is 30.3 Å². The van der Waals surface area contributed by atoms with Crippen LogP contribution < -0.4 is 0 Å². The molecular formula is C10H11NO3. The number of hydrogen-bond donors (Lipinski definition) is 3. The standard InChI is InChI=1S/C10H11NO3/c11-8(10(13)14)6-9(12)7-4-2-1-3-5-7/h1-5,9,11-12H,6H2,(H,13,14). The Bertz CT molecular complexity index is 334. The molecule has 0 aliphatic rings. The van der Waals surface area contributed by atoms with E-state index < -0.39 is 17.8 Å². The molecule has 0 amide bonds. The van der Waals surface area contributed by atoms with E-state index in [0.717, 1.165) is 0 Å². The van der Waals surface area contributed by atoms with Crippen molar-refractivity contribution in [3.8, 4) is 0 Å². The summed E-state index contributed by atoms with van der Waals surface area (Å²) in [7, 11) is 0. The first-order valence-corrected chi connectivity index (χ1v) is 4.15. The quantitative estimate of drug-likeness (QED) is 0.629. The highest BCUT2D eigenvalue weighted by atomic mass is 16.4. The monoisotopic (exact) mass is 193 g/mol. The van der Waals surface area contributed by atoms with Crippen molar-refractivity contribution in [2.45, 2.75) is 12.5 Å². The molecular weight excluding hydrogens is 182 g/mol. The third-order valence-electron chi connectivity index (χ3n) is 1.84. The third-order valence-corrected chi connectivity index (χ3v) is 1.84. The van der Waals surface area contributed by atoms with E-state index in [-0.39, 0.29) is 6.42 Å². The minimum atomic E-state index is -1.29. The van der Waals surface area contributed by atoms with Gasteiger partial charge in [0, 0.05) is 6.42 Å². The molecule has 1 aromatic rings. The zero-order chi connectivity index (χ0) is 10.6. The normalized spacial score (nSPS) is 12.1. The lowest BCUT2D eigenvalue weighted by Gasteiger charge is -2.09. The minimum Gasteiger partial charge on any atom is -0.477 e. The maximum Gasteiger partial charge on any atom is 0.349 e. The van der Waals surface area contributed by atoms with Crippen LogP contribution in [0.1, 0.15) is 18.1 Å². The fraction of sp³-hybridized carbons (Fsp3) is 0.200. The van der Waals surface area contributed by atoms with Crippen molar-refractivity contribution >= 4 is 11.7 Å². The summed E-state index contributed by atoms with van der Waals surface area (Å²) >= 11 is 0. The average molecular weight is 193 g/mol. The Morgan fingerprint density at radius 2 is 1.93 bits per heavy atom. The maximum absolute atomic E-state index is 10.3. The number of carboxylic acid groups (broad SMARTS) is 1. The molecule has 0 aliphatic carbocycles. The maximum atomic E-state index is 10.3. The van der Waals surface area contributed by atoms with E-state index in [1.165, 1.54) is 0 Å². The van der Waals surface area contributed by atoms with Crippen LogP contribution in [0.4, 0.5) is 0 Å². The van der Waals surface area contributed by atoms with Gasteiger partial charge in [0.15, 0.2) is 0 Å². The highest BCUT2D eigenvalue weighted by Gasteiger charge is 2.14. The number of aliphatic carboxylic acids is 1. The SMILES string of the molecule is N=C(CC(O)c1ccccc1)C(=O)O. The fourth-order valence-corrected chi connectivity index (χ4v) is 1.07. The van der Waals surface area contributed by atoms with Crippen LogP contribution in [-0.4, -0.2) is 21.9 Å². The Kier molecular flexibility index (Phi) is 3.36. The summed E-state index contributed by atoms with van der Waals surface area (Å²) in [6.45, 7) is 0. The summed E-state index contributed by atoms with van der Waals surface area (Å²) in [5.74, 6) is -1.29. The molecule has 14 heavy (non-hydrogen) atoms. The van der Waals surface area contributed by atoms with Gasteiger partial charge in [0.1, 0.15) is 5.71 Å². The lowest BCUT2D eigenvalue weighted by Crippen LogP contribution is -2.15. The van der Waals surface area contributed by atoms with Crippen molar-refractivity contribution in [2.24, 2.45) is 0 Å². The number of nitrogens with one attached hydrogen (secondary N) is 1. The average Bonchev–Trinajstić information content (AvgIpc) is 2.19. The van der Waals surface area contributed by atoms with Crippen LogP contribution in [0.25, 0.3) is 0 Å². The first kappa shape index (κ1) is 10.4. The molecule has 4 heteroatoms. The number of benzene rings is 1. The summed E-state index contributed by atoms with van der Waals surface area (Å²) in [6.07, 6.45) is -1.08.